The van der Waals surface area contributed by atoms with Gasteiger partial charge < -0.3 is 14.2 Å². The van der Waals surface area contributed by atoms with Crippen LogP contribution in [-0.2, 0) is 16.1 Å². The highest BCUT2D eigenvalue weighted by atomic mass is 16.5. The third-order valence-electron chi connectivity index (χ3n) is 3.84. The fraction of sp³-hybridized carbons (Fsp3) is 0.444. The number of rotatable bonds is 6. The van der Waals surface area contributed by atoms with Crippen molar-refractivity contribution in [2.45, 2.75) is 39.0 Å². The number of nitrogens with zero attached hydrogens (tertiary/aromatic N) is 2. The Kier molecular flexibility index (Phi) is 5.48. The first-order valence-corrected chi connectivity index (χ1v) is 8.33. The summed E-state index contributed by atoms with van der Waals surface area (Å²) < 4.78 is 18.4. The van der Waals surface area contributed by atoms with E-state index in [1.54, 1.807) is 17.7 Å². The molecule has 0 bridgehead atoms. The quantitative estimate of drug-likeness (QED) is 0.760. The van der Waals surface area contributed by atoms with Gasteiger partial charge >= 0.3 is 5.97 Å². The van der Waals surface area contributed by atoms with Gasteiger partial charge in [0.1, 0.15) is 6.61 Å². The van der Waals surface area contributed by atoms with E-state index in [0.717, 1.165) is 24.8 Å². The van der Waals surface area contributed by atoms with E-state index >= 15 is 0 Å². The van der Waals surface area contributed by atoms with Crippen molar-refractivity contribution < 1.29 is 19.0 Å². The predicted molar refractivity (Wildman–Crippen MR) is 87.8 cm³/mol. The van der Waals surface area contributed by atoms with Gasteiger partial charge in [-0.3, -0.25) is 0 Å². The van der Waals surface area contributed by atoms with Crippen molar-refractivity contribution in [1.29, 1.82) is 0 Å². The molecule has 0 spiro atoms. The molecule has 3 rings (SSSR count). The minimum atomic E-state index is -0.448. The minimum absolute atomic E-state index is 0.201. The van der Waals surface area contributed by atoms with Gasteiger partial charge in [0.05, 0.1) is 6.61 Å². The fourth-order valence-corrected chi connectivity index (χ4v) is 2.64. The van der Waals surface area contributed by atoms with Gasteiger partial charge in [-0.15, -0.1) is 0 Å². The van der Waals surface area contributed by atoms with Gasteiger partial charge in [-0.05, 0) is 31.7 Å². The molecule has 1 aliphatic rings. The second kappa shape index (κ2) is 7.97. The summed E-state index contributed by atoms with van der Waals surface area (Å²) in [6, 6.07) is 11.5. The third-order valence-corrected chi connectivity index (χ3v) is 3.84. The van der Waals surface area contributed by atoms with E-state index < -0.39 is 5.97 Å². The first kappa shape index (κ1) is 16.5. The lowest BCUT2D eigenvalue weighted by Gasteiger charge is -2.24. The molecule has 1 aromatic carbocycles. The molecule has 6 nitrogen and oxygen atoms in total. The van der Waals surface area contributed by atoms with Crippen LogP contribution < -0.4 is 4.74 Å². The Morgan fingerprint density at radius 1 is 1.33 bits per heavy atom. The lowest BCUT2D eigenvalue weighted by molar-refractivity contribution is -0.0444. The molecule has 0 amide bonds. The Labute approximate surface area is 141 Å². The van der Waals surface area contributed by atoms with Crippen molar-refractivity contribution in [2.24, 2.45) is 0 Å². The molecule has 128 valence electrons. The number of carbonyl (C=O) groups excluding carboxylic acids is 1. The van der Waals surface area contributed by atoms with Crippen molar-refractivity contribution in [2.75, 3.05) is 13.2 Å². The van der Waals surface area contributed by atoms with Crippen molar-refractivity contribution in [3.8, 4) is 5.88 Å². The molecule has 2 heterocycles. The number of esters is 1. The lowest BCUT2D eigenvalue weighted by atomic mass is 10.2. The summed E-state index contributed by atoms with van der Waals surface area (Å²) in [5, 5.41) is 4.36. The van der Waals surface area contributed by atoms with Gasteiger partial charge in [0, 0.05) is 12.7 Å². The second-order valence-electron chi connectivity index (χ2n) is 5.63. The maximum atomic E-state index is 12.0. The Bertz CT molecular complexity index is 663. The molecule has 1 atom stereocenters. The van der Waals surface area contributed by atoms with E-state index in [-0.39, 0.29) is 11.9 Å². The molecule has 0 radical (unpaired) electrons. The Hall–Kier alpha value is -2.34. The zero-order chi connectivity index (χ0) is 16.8. The summed E-state index contributed by atoms with van der Waals surface area (Å²) in [7, 11) is 0. The van der Waals surface area contributed by atoms with Crippen LogP contribution in [0.3, 0.4) is 0 Å². The molecular weight excluding hydrogens is 308 g/mol. The van der Waals surface area contributed by atoms with Crippen LogP contribution in [0.2, 0.25) is 0 Å². The predicted octanol–water partition coefficient (Wildman–Crippen LogP) is 3.34. The van der Waals surface area contributed by atoms with Crippen molar-refractivity contribution in [3.63, 3.8) is 0 Å². The van der Waals surface area contributed by atoms with Crippen LogP contribution in [-0.4, -0.2) is 29.0 Å². The van der Waals surface area contributed by atoms with Crippen LogP contribution in [0.5, 0.6) is 5.88 Å². The standard InChI is InChI=1S/C18H22N2O4/c1-2-22-18(21)15-12-17(24-13-14-8-4-3-5-9-14)20(19-15)16-10-6-7-11-23-16/h3-5,8-9,12,16H,2,6-7,10-11,13H2,1H3. The Balaban J connectivity index is 1.80. The van der Waals surface area contributed by atoms with Crippen molar-refractivity contribution in [1.82, 2.24) is 9.78 Å². The second-order valence-corrected chi connectivity index (χ2v) is 5.63. The van der Waals surface area contributed by atoms with Crippen molar-refractivity contribution >= 4 is 5.97 Å². The normalized spacial score (nSPS) is 17.5. The zero-order valence-electron chi connectivity index (χ0n) is 13.8. The minimum Gasteiger partial charge on any atom is -0.473 e. The molecule has 1 aromatic heterocycles. The van der Waals surface area contributed by atoms with Crippen LogP contribution in [0.25, 0.3) is 0 Å². The maximum absolute atomic E-state index is 12.0. The van der Waals surface area contributed by atoms with Crippen LogP contribution in [0, 0.1) is 0 Å². The molecular formula is C18H22N2O4. The molecule has 0 aliphatic carbocycles. The molecule has 1 fully saturated rings. The van der Waals surface area contributed by atoms with Gasteiger partial charge in [-0.2, -0.15) is 5.10 Å². The summed E-state index contributed by atoms with van der Waals surface area (Å²) in [6.45, 7) is 3.18. The summed E-state index contributed by atoms with van der Waals surface area (Å²) in [5.41, 5.74) is 1.29. The summed E-state index contributed by atoms with van der Waals surface area (Å²) in [6.07, 6.45) is 2.76. The summed E-state index contributed by atoms with van der Waals surface area (Å²) >= 11 is 0. The number of ether oxygens (including phenoxy) is 3. The molecule has 0 N–H and O–H groups in total. The zero-order valence-corrected chi connectivity index (χ0v) is 13.8. The van der Waals surface area contributed by atoms with Crippen LogP contribution in [0.4, 0.5) is 0 Å². The van der Waals surface area contributed by atoms with E-state index in [1.165, 1.54) is 0 Å². The molecule has 2 aromatic rings. The van der Waals surface area contributed by atoms with Crippen LogP contribution >= 0.6 is 0 Å². The van der Waals surface area contributed by atoms with E-state index in [1.807, 2.05) is 30.3 Å². The van der Waals surface area contributed by atoms with Gasteiger partial charge in [-0.25, -0.2) is 9.48 Å². The average molecular weight is 330 g/mol. The highest BCUT2D eigenvalue weighted by Gasteiger charge is 2.24. The largest absolute Gasteiger partial charge is 0.473 e. The number of benzene rings is 1. The third kappa shape index (κ3) is 3.94. The molecule has 6 heteroatoms. The fourth-order valence-electron chi connectivity index (χ4n) is 2.64. The number of hydrogen-bond acceptors (Lipinski definition) is 5. The monoisotopic (exact) mass is 330 g/mol. The average Bonchev–Trinajstić information content (AvgIpc) is 3.06. The maximum Gasteiger partial charge on any atom is 0.358 e. The van der Waals surface area contributed by atoms with Gasteiger partial charge in [0.15, 0.2) is 11.9 Å². The topological polar surface area (TPSA) is 62.6 Å². The summed E-state index contributed by atoms with van der Waals surface area (Å²) in [5.74, 6) is 0.0745. The number of hydrogen-bond donors (Lipinski definition) is 0. The van der Waals surface area contributed by atoms with Crippen LogP contribution in [0.1, 0.15) is 48.5 Å². The Morgan fingerprint density at radius 3 is 2.88 bits per heavy atom. The van der Waals surface area contributed by atoms with Gasteiger partial charge in [0.2, 0.25) is 5.88 Å². The Morgan fingerprint density at radius 2 is 2.17 bits per heavy atom. The number of carbonyl (C=O) groups is 1. The molecule has 1 unspecified atom stereocenters. The van der Waals surface area contributed by atoms with Gasteiger partial charge in [-0.1, -0.05) is 30.3 Å². The molecule has 1 aliphatic heterocycles. The highest BCUT2D eigenvalue weighted by Crippen LogP contribution is 2.28. The smallest absolute Gasteiger partial charge is 0.358 e. The van der Waals surface area contributed by atoms with E-state index in [4.69, 9.17) is 14.2 Å². The van der Waals surface area contributed by atoms with E-state index in [0.29, 0.717) is 25.7 Å². The first-order chi connectivity index (χ1) is 11.8. The first-order valence-electron chi connectivity index (χ1n) is 8.33. The number of aromatic nitrogens is 2. The van der Waals surface area contributed by atoms with Gasteiger partial charge in [0.25, 0.3) is 0 Å². The lowest BCUT2D eigenvalue weighted by Crippen LogP contribution is -2.20. The SMILES string of the molecule is CCOC(=O)c1cc(OCc2ccccc2)n(C2CCCCO2)n1. The molecule has 24 heavy (non-hydrogen) atoms. The summed E-state index contributed by atoms with van der Waals surface area (Å²) in [4.78, 5) is 12.0. The van der Waals surface area contributed by atoms with E-state index in [9.17, 15) is 4.79 Å². The molecule has 1 saturated heterocycles. The highest BCUT2D eigenvalue weighted by molar-refractivity contribution is 5.87. The molecule has 0 saturated carbocycles. The van der Waals surface area contributed by atoms with Crippen molar-refractivity contribution in [3.05, 3.63) is 47.7 Å². The van der Waals surface area contributed by atoms with E-state index in [2.05, 4.69) is 5.10 Å². The van der Waals surface area contributed by atoms with Crippen LogP contribution in [0.15, 0.2) is 36.4 Å².